The van der Waals surface area contributed by atoms with Crippen LogP contribution in [0.25, 0.3) is 0 Å². The SMILES string of the molecule is CCOP(=O)(OCC)Oc1ccc(S(=O)(=O)N(C)C)cc1. The van der Waals surface area contributed by atoms with E-state index in [0.717, 1.165) is 4.31 Å². The van der Waals surface area contributed by atoms with E-state index in [-0.39, 0.29) is 23.9 Å². The molecule has 0 aliphatic heterocycles. The smallest absolute Gasteiger partial charge is 0.404 e. The summed E-state index contributed by atoms with van der Waals surface area (Å²) in [5.74, 6) is 0.206. The second kappa shape index (κ2) is 7.38. The van der Waals surface area contributed by atoms with Gasteiger partial charge in [0.2, 0.25) is 10.0 Å². The summed E-state index contributed by atoms with van der Waals surface area (Å²) in [7, 11) is -4.30. The van der Waals surface area contributed by atoms with Crippen molar-refractivity contribution in [3.05, 3.63) is 24.3 Å². The van der Waals surface area contributed by atoms with Gasteiger partial charge < -0.3 is 4.52 Å². The van der Waals surface area contributed by atoms with Crippen LogP contribution in [-0.4, -0.2) is 40.0 Å². The maximum atomic E-state index is 12.2. The molecule has 21 heavy (non-hydrogen) atoms. The first-order valence-electron chi connectivity index (χ1n) is 6.36. The molecule has 0 aliphatic rings. The average molecular weight is 337 g/mol. The van der Waals surface area contributed by atoms with Crippen LogP contribution in [0.4, 0.5) is 0 Å². The average Bonchev–Trinajstić information content (AvgIpc) is 2.39. The lowest BCUT2D eigenvalue weighted by Crippen LogP contribution is -2.22. The molecule has 0 N–H and O–H groups in total. The van der Waals surface area contributed by atoms with Crippen molar-refractivity contribution < 1.29 is 26.6 Å². The molecular weight excluding hydrogens is 317 g/mol. The van der Waals surface area contributed by atoms with Crippen molar-refractivity contribution in [2.75, 3.05) is 27.3 Å². The zero-order chi connectivity index (χ0) is 16.1. The second-order valence-electron chi connectivity index (χ2n) is 4.13. The highest BCUT2D eigenvalue weighted by Crippen LogP contribution is 2.49. The fraction of sp³-hybridized carbons (Fsp3) is 0.500. The molecule has 0 fully saturated rings. The Morgan fingerprint density at radius 1 is 1.05 bits per heavy atom. The van der Waals surface area contributed by atoms with E-state index in [0.29, 0.717) is 0 Å². The Morgan fingerprint density at radius 2 is 1.52 bits per heavy atom. The third kappa shape index (κ3) is 4.79. The van der Waals surface area contributed by atoms with Gasteiger partial charge in [-0.1, -0.05) is 0 Å². The van der Waals surface area contributed by atoms with Crippen LogP contribution in [0.3, 0.4) is 0 Å². The summed E-state index contributed by atoms with van der Waals surface area (Å²) in [6.45, 7) is 3.68. The van der Waals surface area contributed by atoms with Gasteiger partial charge in [-0.3, -0.25) is 9.05 Å². The van der Waals surface area contributed by atoms with Crippen molar-refractivity contribution in [3.8, 4) is 5.75 Å². The molecule has 1 rings (SSSR count). The molecule has 9 heteroatoms. The first-order chi connectivity index (χ1) is 9.75. The number of phosphoric acid groups is 1. The first-order valence-corrected chi connectivity index (χ1v) is 9.26. The van der Waals surface area contributed by atoms with Gasteiger partial charge in [-0.15, -0.1) is 0 Å². The monoisotopic (exact) mass is 337 g/mol. The maximum absolute atomic E-state index is 12.2. The van der Waals surface area contributed by atoms with Crippen LogP contribution in [0.2, 0.25) is 0 Å². The molecule has 0 saturated heterocycles. The molecule has 0 radical (unpaired) electrons. The van der Waals surface area contributed by atoms with Crippen LogP contribution in [0.5, 0.6) is 5.75 Å². The molecule has 0 amide bonds. The fourth-order valence-electron chi connectivity index (χ4n) is 1.42. The molecular formula is C12H20NO6PS. The van der Waals surface area contributed by atoms with Crippen molar-refractivity contribution in [1.29, 1.82) is 0 Å². The molecule has 120 valence electrons. The zero-order valence-corrected chi connectivity index (χ0v) is 14.2. The van der Waals surface area contributed by atoms with Gasteiger partial charge in [-0.25, -0.2) is 17.3 Å². The van der Waals surface area contributed by atoms with Crippen LogP contribution in [0, 0.1) is 0 Å². The molecule has 0 spiro atoms. The van der Waals surface area contributed by atoms with Crippen LogP contribution in [0.15, 0.2) is 29.2 Å². The van der Waals surface area contributed by atoms with Crippen LogP contribution in [0.1, 0.15) is 13.8 Å². The van der Waals surface area contributed by atoms with E-state index >= 15 is 0 Å². The molecule has 1 aromatic rings. The van der Waals surface area contributed by atoms with Crippen molar-refractivity contribution >= 4 is 17.8 Å². The van der Waals surface area contributed by atoms with Crippen LogP contribution < -0.4 is 4.52 Å². The van der Waals surface area contributed by atoms with E-state index < -0.39 is 17.8 Å². The second-order valence-corrected chi connectivity index (χ2v) is 7.88. The number of benzene rings is 1. The molecule has 1 aromatic carbocycles. The molecule has 0 aromatic heterocycles. The summed E-state index contributed by atoms with van der Waals surface area (Å²) in [6.07, 6.45) is 0. The van der Waals surface area contributed by atoms with Crippen molar-refractivity contribution in [1.82, 2.24) is 4.31 Å². The van der Waals surface area contributed by atoms with E-state index in [1.165, 1.54) is 38.4 Å². The largest absolute Gasteiger partial charge is 0.530 e. The van der Waals surface area contributed by atoms with Crippen molar-refractivity contribution in [3.63, 3.8) is 0 Å². The third-order valence-corrected chi connectivity index (χ3v) is 5.81. The lowest BCUT2D eigenvalue weighted by atomic mass is 10.3. The normalized spacial score (nSPS) is 12.6. The van der Waals surface area contributed by atoms with Crippen molar-refractivity contribution in [2.24, 2.45) is 0 Å². The number of rotatable bonds is 8. The Kier molecular flexibility index (Phi) is 6.37. The highest BCUT2D eigenvalue weighted by atomic mass is 32.2. The number of sulfonamides is 1. The van der Waals surface area contributed by atoms with Crippen LogP contribution in [-0.2, 0) is 23.6 Å². The Hall–Kier alpha value is -0.920. The lowest BCUT2D eigenvalue weighted by Gasteiger charge is -2.17. The number of hydrogen-bond acceptors (Lipinski definition) is 6. The predicted octanol–water partition coefficient (Wildman–Crippen LogP) is 2.50. The van der Waals surface area contributed by atoms with E-state index in [2.05, 4.69) is 0 Å². The van der Waals surface area contributed by atoms with E-state index in [1.807, 2.05) is 0 Å². The highest BCUT2D eigenvalue weighted by molar-refractivity contribution is 7.89. The van der Waals surface area contributed by atoms with Gasteiger partial charge in [0.15, 0.2) is 0 Å². The summed E-state index contributed by atoms with van der Waals surface area (Å²) in [5, 5.41) is 0. The minimum atomic E-state index is -3.68. The Morgan fingerprint density at radius 3 is 1.90 bits per heavy atom. The molecule has 0 atom stereocenters. The minimum absolute atomic E-state index is 0.113. The Balaban J connectivity index is 2.95. The van der Waals surface area contributed by atoms with E-state index in [1.54, 1.807) is 13.8 Å². The molecule has 0 unspecified atom stereocenters. The van der Waals surface area contributed by atoms with Gasteiger partial charge >= 0.3 is 7.82 Å². The van der Waals surface area contributed by atoms with Gasteiger partial charge in [-0.05, 0) is 38.1 Å². The van der Waals surface area contributed by atoms with E-state index in [4.69, 9.17) is 13.6 Å². The number of nitrogens with zero attached hydrogens (tertiary/aromatic N) is 1. The minimum Gasteiger partial charge on any atom is -0.404 e. The van der Waals surface area contributed by atoms with Gasteiger partial charge in [0.1, 0.15) is 5.75 Å². The Bertz CT molecular complexity index is 589. The van der Waals surface area contributed by atoms with E-state index in [9.17, 15) is 13.0 Å². The standard InChI is InChI=1S/C12H20NO6PS/c1-5-17-20(14,18-6-2)19-11-7-9-12(10-8-11)21(15,16)13(3)4/h7-10H,5-6H2,1-4H3. The molecule has 0 heterocycles. The first kappa shape index (κ1) is 18.1. The molecule has 0 aliphatic carbocycles. The predicted molar refractivity (Wildman–Crippen MR) is 78.8 cm³/mol. The maximum Gasteiger partial charge on any atom is 0.530 e. The lowest BCUT2D eigenvalue weighted by molar-refractivity contribution is 0.167. The van der Waals surface area contributed by atoms with Gasteiger partial charge in [0, 0.05) is 14.1 Å². The summed E-state index contributed by atoms with van der Waals surface area (Å²) in [5.41, 5.74) is 0. The summed E-state index contributed by atoms with van der Waals surface area (Å²) < 4.78 is 52.3. The number of phosphoric ester groups is 1. The summed E-state index contributed by atoms with van der Waals surface area (Å²) in [6, 6.07) is 5.54. The highest BCUT2D eigenvalue weighted by Gasteiger charge is 2.27. The fourth-order valence-corrected chi connectivity index (χ4v) is 3.51. The van der Waals surface area contributed by atoms with Gasteiger partial charge in [0.05, 0.1) is 18.1 Å². The third-order valence-electron chi connectivity index (χ3n) is 2.39. The summed E-state index contributed by atoms with van der Waals surface area (Å²) >= 11 is 0. The van der Waals surface area contributed by atoms with Gasteiger partial charge in [0.25, 0.3) is 0 Å². The zero-order valence-electron chi connectivity index (χ0n) is 12.5. The van der Waals surface area contributed by atoms with Gasteiger partial charge in [-0.2, -0.15) is 0 Å². The topological polar surface area (TPSA) is 82.1 Å². The molecule has 7 nitrogen and oxygen atoms in total. The Labute approximate surface area is 125 Å². The molecule has 0 bridgehead atoms. The quantitative estimate of drug-likeness (QED) is 0.678. The number of hydrogen-bond donors (Lipinski definition) is 0. The van der Waals surface area contributed by atoms with Crippen LogP contribution >= 0.6 is 7.82 Å². The van der Waals surface area contributed by atoms with Crippen molar-refractivity contribution in [2.45, 2.75) is 18.7 Å². The summed E-state index contributed by atoms with van der Waals surface area (Å²) in [4.78, 5) is 0.113. The molecule has 0 saturated carbocycles.